The lowest BCUT2D eigenvalue weighted by molar-refractivity contribution is -0.115. The summed E-state index contributed by atoms with van der Waals surface area (Å²) < 4.78 is 1.49. The van der Waals surface area contributed by atoms with Crippen molar-refractivity contribution >= 4 is 27.8 Å². The average molecular weight is 233 g/mol. The van der Waals surface area contributed by atoms with Gasteiger partial charge in [-0.3, -0.25) is 10.1 Å². The van der Waals surface area contributed by atoms with Gasteiger partial charge in [-0.25, -0.2) is 4.68 Å². The minimum absolute atomic E-state index is 0.133. The molecule has 0 radical (unpaired) electrons. The molecule has 0 aliphatic heterocycles. The molecule has 1 atom stereocenters. The van der Waals surface area contributed by atoms with E-state index in [2.05, 4.69) is 31.3 Å². The maximum Gasteiger partial charge on any atom is 0.240 e. The van der Waals surface area contributed by atoms with E-state index < -0.39 is 0 Å². The first-order valence-corrected chi connectivity index (χ1v) is 4.31. The molecule has 0 fully saturated rings. The van der Waals surface area contributed by atoms with Crippen molar-refractivity contribution in [2.45, 2.75) is 11.8 Å². The summed E-state index contributed by atoms with van der Waals surface area (Å²) in [6.45, 7) is 1.74. The maximum absolute atomic E-state index is 11.1. The normalized spacial score (nSPS) is 12.6. The van der Waals surface area contributed by atoms with Gasteiger partial charge >= 0.3 is 0 Å². The zero-order valence-electron chi connectivity index (χ0n) is 6.78. The van der Waals surface area contributed by atoms with E-state index in [0.29, 0.717) is 5.95 Å². The molecular weight excluding hydrogens is 224 g/mol. The van der Waals surface area contributed by atoms with E-state index in [-0.39, 0.29) is 10.7 Å². The molecule has 1 rings (SSSR count). The Morgan fingerprint density at radius 3 is 2.92 bits per heavy atom. The molecule has 0 aliphatic carbocycles. The second-order valence-corrected chi connectivity index (χ2v) is 3.69. The Morgan fingerprint density at radius 2 is 2.50 bits per heavy atom. The Bertz CT molecular complexity index is 283. The van der Waals surface area contributed by atoms with Crippen molar-refractivity contribution in [1.82, 2.24) is 14.8 Å². The van der Waals surface area contributed by atoms with Crippen molar-refractivity contribution in [2.75, 3.05) is 5.32 Å². The number of rotatable bonds is 2. The number of aryl methyl sites for hydroxylation is 1. The summed E-state index contributed by atoms with van der Waals surface area (Å²) >= 11 is 3.14. The van der Waals surface area contributed by atoms with Crippen LogP contribution in [0.1, 0.15) is 6.92 Å². The minimum atomic E-state index is -0.228. The Morgan fingerprint density at radius 1 is 1.83 bits per heavy atom. The predicted molar refractivity (Wildman–Crippen MR) is 48.0 cm³/mol. The molecule has 1 unspecified atom stereocenters. The fourth-order valence-electron chi connectivity index (χ4n) is 0.619. The lowest BCUT2D eigenvalue weighted by atomic mass is 10.4. The molecule has 1 aromatic heterocycles. The van der Waals surface area contributed by atoms with Crippen LogP contribution in [-0.4, -0.2) is 25.5 Å². The molecule has 66 valence electrons. The van der Waals surface area contributed by atoms with Gasteiger partial charge in [0, 0.05) is 7.05 Å². The van der Waals surface area contributed by atoms with Gasteiger partial charge in [-0.1, -0.05) is 15.9 Å². The van der Waals surface area contributed by atoms with Crippen LogP contribution in [0.3, 0.4) is 0 Å². The molecular formula is C6H9BrN4O. The van der Waals surface area contributed by atoms with Gasteiger partial charge in [-0.15, -0.1) is 0 Å². The molecule has 12 heavy (non-hydrogen) atoms. The van der Waals surface area contributed by atoms with Crippen LogP contribution in [0.15, 0.2) is 6.33 Å². The molecule has 1 amide bonds. The Balaban J connectivity index is 2.64. The van der Waals surface area contributed by atoms with Crippen LogP contribution in [0.5, 0.6) is 0 Å². The highest BCUT2D eigenvalue weighted by Gasteiger charge is 2.10. The Labute approximate surface area is 78.3 Å². The zero-order valence-corrected chi connectivity index (χ0v) is 8.37. The third-order valence-electron chi connectivity index (χ3n) is 1.31. The van der Waals surface area contributed by atoms with Gasteiger partial charge in [0.25, 0.3) is 0 Å². The Hall–Kier alpha value is -0.910. The van der Waals surface area contributed by atoms with Gasteiger partial charge in [0.1, 0.15) is 6.33 Å². The van der Waals surface area contributed by atoms with Crippen LogP contribution < -0.4 is 5.32 Å². The number of hydrogen-bond donors (Lipinski definition) is 1. The summed E-state index contributed by atoms with van der Waals surface area (Å²) in [6.07, 6.45) is 1.38. The number of aromatic nitrogens is 3. The summed E-state index contributed by atoms with van der Waals surface area (Å²) in [5.74, 6) is 0.317. The molecule has 0 saturated heterocycles. The topological polar surface area (TPSA) is 59.8 Å². The first-order valence-electron chi connectivity index (χ1n) is 3.40. The van der Waals surface area contributed by atoms with Crippen molar-refractivity contribution in [3.63, 3.8) is 0 Å². The summed E-state index contributed by atoms with van der Waals surface area (Å²) in [7, 11) is 1.71. The van der Waals surface area contributed by atoms with Gasteiger partial charge in [-0.05, 0) is 6.92 Å². The molecule has 6 heteroatoms. The maximum atomic E-state index is 11.1. The van der Waals surface area contributed by atoms with E-state index in [1.54, 1.807) is 14.0 Å². The van der Waals surface area contributed by atoms with Crippen molar-refractivity contribution in [3.05, 3.63) is 6.33 Å². The lowest BCUT2D eigenvalue weighted by Crippen LogP contribution is -2.22. The number of carbonyl (C=O) groups excluding carboxylic acids is 1. The van der Waals surface area contributed by atoms with E-state index in [9.17, 15) is 4.79 Å². The summed E-state index contributed by atoms with van der Waals surface area (Å²) in [4.78, 5) is 14.7. The highest BCUT2D eigenvalue weighted by atomic mass is 79.9. The molecule has 5 nitrogen and oxygen atoms in total. The van der Waals surface area contributed by atoms with Crippen molar-refractivity contribution in [1.29, 1.82) is 0 Å². The van der Waals surface area contributed by atoms with E-state index in [1.165, 1.54) is 11.0 Å². The number of nitrogens with zero attached hydrogens (tertiary/aromatic N) is 3. The van der Waals surface area contributed by atoms with Crippen LogP contribution in [0.25, 0.3) is 0 Å². The van der Waals surface area contributed by atoms with E-state index >= 15 is 0 Å². The van der Waals surface area contributed by atoms with Crippen LogP contribution in [0.2, 0.25) is 0 Å². The predicted octanol–water partition coefficient (Wildman–Crippen LogP) is 0.537. The smallest absolute Gasteiger partial charge is 0.240 e. The lowest BCUT2D eigenvalue weighted by Gasteiger charge is -2.04. The second kappa shape index (κ2) is 3.66. The van der Waals surface area contributed by atoms with Crippen molar-refractivity contribution < 1.29 is 4.79 Å². The monoisotopic (exact) mass is 232 g/mol. The molecule has 0 saturated carbocycles. The number of anilines is 1. The Kier molecular flexibility index (Phi) is 2.80. The zero-order chi connectivity index (χ0) is 9.14. The van der Waals surface area contributed by atoms with Gasteiger partial charge in [-0.2, -0.15) is 10.1 Å². The summed E-state index contributed by atoms with van der Waals surface area (Å²) in [5, 5.41) is 6.40. The molecule has 0 aliphatic rings. The standard InChI is InChI=1S/C6H9BrN4O/c1-4(7)5(12)10-6-8-3-9-11(6)2/h3-4H,1-2H3,(H,8,9,10,12). The van der Waals surface area contributed by atoms with Gasteiger partial charge in [0.05, 0.1) is 4.83 Å². The van der Waals surface area contributed by atoms with Gasteiger partial charge in [0.15, 0.2) is 0 Å². The molecule has 1 aromatic rings. The highest BCUT2D eigenvalue weighted by Crippen LogP contribution is 2.03. The van der Waals surface area contributed by atoms with Gasteiger partial charge < -0.3 is 0 Å². The SMILES string of the molecule is CC(Br)C(=O)Nc1ncnn1C. The average Bonchev–Trinajstić information content (AvgIpc) is 2.36. The number of alkyl halides is 1. The molecule has 0 bridgehead atoms. The third-order valence-corrected chi connectivity index (χ3v) is 1.72. The fraction of sp³-hybridized carbons (Fsp3) is 0.500. The van der Waals surface area contributed by atoms with E-state index in [1.807, 2.05) is 0 Å². The van der Waals surface area contributed by atoms with Crippen molar-refractivity contribution in [2.24, 2.45) is 7.05 Å². The molecule has 1 heterocycles. The third kappa shape index (κ3) is 2.04. The quantitative estimate of drug-likeness (QED) is 0.758. The molecule has 0 aromatic carbocycles. The molecule has 1 N–H and O–H groups in total. The van der Waals surface area contributed by atoms with Crippen LogP contribution >= 0.6 is 15.9 Å². The minimum Gasteiger partial charge on any atom is -0.294 e. The number of halogens is 1. The first kappa shape index (κ1) is 9.18. The van der Waals surface area contributed by atoms with Crippen molar-refractivity contribution in [3.8, 4) is 0 Å². The number of hydrogen-bond acceptors (Lipinski definition) is 3. The van der Waals surface area contributed by atoms with Crippen LogP contribution in [-0.2, 0) is 11.8 Å². The highest BCUT2D eigenvalue weighted by molar-refractivity contribution is 9.10. The number of nitrogens with one attached hydrogen (secondary N) is 1. The van der Waals surface area contributed by atoms with E-state index in [4.69, 9.17) is 0 Å². The largest absolute Gasteiger partial charge is 0.294 e. The number of carbonyl (C=O) groups is 1. The van der Waals surface area contributed by atoms with Crippen LogP contribution in [0.4, 0.5) is 5.95 Å². The molecule has 0 spiro atoms. The first-order chi connectivity index (χ1) is 5.61. The fourth-order valence-corrected chi connectivity index (χ4v) is 0.733. The van der Waals surface area contributed by atoms with Gasteiger partial charge in [0.2, 0.25) is 11.9 Å². The van der Waals surface area contributed by atoms with Crippen LogP contribution in [0, 0.1) is 0 Å². The van der Waals surface area contributed by atoms with E-state index in [0.717, 1.165) is 0 Å². The second-order valence-electron chi connectivity index (χ2n) is 2.31. The summed E-state index contributed by atoms with van der Waals surface area (Å²) in [5.41, 5.74) is 0. The summed E-state index contributed by atoms with van der Waals surface area (Å²) in [6, 6.07) is 0. The number of amides is 1.